The van der Waals surface area contributed by atoms with Crippen LogP contribution < -0.4 is 9.47 Å². The Bertz CT molecular complexity index is 481. The van der Waals surface area contributed by atoms with Crippen molar-refractivity contribution in [3.05, 3.63) is 22.2 Å². The fraction of sp³-hybridized carbons (Fsp3) is 0.625. The molecule has 2 unspecified atom stereocenters. The van der Waals surface area contributed by atoms with Gasteiger partial charge in [-0.3, -0.25) is 0 Å². The second kappa shape index (κ2) is 7.47. The summed E-state index contributed by atoms with van der Waals surface area (Å²) in [6.45, 7) is 5.10. The first kappa shape index (κ1) is 16.6. The first-order chi connectivity index (χ1) is 10.1. The highest BCUT2D eigenvalue weighted by Gasteiger charge is 2.28. The molecule has 0 aromatic heterocycles. The number of ether oxygens (including phenoxy) is 2. The van der Waals surface area contributed by atoms with Gasteiger partial charge in [-0.15, -0.1) is 0 Å². The van der Waals surface area contributed by atoms with Gasteiger partial charge in [-0.1, -0.05) is 22.9 Å². The maximum atomic E-state index is 10.3. The lowest BCUT2D eigenvalue weighted by atomic mass is 9.88. The van der Waals surface area contributed by atoms with Gasteiger partial charge in [-0.05, 0) is 37.1 Å². The van der Waals surface area contributed by atoms with Crippen LogP contribution in [0.3, 0.4) is 0 Å². The van der Waals surface area contributed by atoms with E-state index in [1.54, 1.807) is 14.2 Å². The molecule has 1 heterocycles. The lowest BCUT2D eigenvalue weighted by molar-refractivity contribution is 0.0287. The van der Waals surface area contributed by atoms with Crippen LogP contribution in [0.25, 0.3) is 0 Å². The van der Waals surface area contributed by atoms with E-state index in [2.05, 4.69) is 33.8 Å². The Morgan fingerprint density at radius 1 is 1.33 bits per heavy atom. The quantitative estimate of drug-likeness (QED) is 0.879. The molecule has 2 rings (SSSR count). The molecule has 4 nitrogen and oxygen atoms in total. The first-order valence-corrected chi connectivity index (χ1v) is 8.19. The Balaban J connectivity index is 2.23. The zero-order valence-electron chi connectivity index (χ0n) is 12.9. The summed E-state index contributed by atoms with van der Waals surface area (Å²) in [7, 11) is 3.30. The second-order valence-corrected chi connectivity index (χ2v) is 6.43. The summed E-state index contributed by atoms with van der Waals surface area (Å²) in [6, 6.07) is 3.96. The van der Waals surface area contributed by atoms with Gasteiger partial charge in [0.15, 0.2) is 11.5 Å². The van der Waals surface area contributed by atoms with E-state index in [1.165, 1.54) is 0 Å². The molecular weight excluding hydrogens is 334 g/mol. The van der Waals surface area contributed by atoms with E-state index in [4.69, 9.17) is 9.47 Å². The Labute approximate surface area is 135 Å². The van der Waals surface area contributed by atoms with Crippen molar-refractivity contribution in [2.45, 2.75) is 25.9 Å². The maximum absolute atomic E-state index is 10.3. The predicted octanol–water partition coefficient (Wildman–Crippen LogP) is 2.71. The summed E-state index contributed by atoms with van der Waals surface area (Å²) in [5, 5.41) is 10.3. The summed E-state index contributed by atoms with van der Waals surface area (Å²) in [4.78, 5) is 2.39. The number of hydrogen-bond donors (Lipinski definition) is 1. The average molecular weight is 358 g/mol. The lowest BCUT2D eigenvalue weighted by Gasteiger charge is -2.36. The molecule has 0 radical (unpaired) electrons. The largest absolute Gasteiger partial charge is 0.493 e. The molecule has 0 aliphatic carbocycles. The fourth-order valence-corrected chi connectivity index (χ4v) is 3.51. The van der Waals surface area contributed by atoms with Crippen molar-refractivity contribution in [1.82, 2.24) is 4.90 Å². The third kappa shape index (κ3) is 3.90. The van der Waals surface area contributed by atoms with Crippen molar-refractivity contribution in [3.63, 3.8) is 0 Å². The van der Waals surface area contributed by atoms with E-state index in [-0.39, 0.29) is 12.0 Å². The van der Waals surface area contributed by atoms with Gasteiger partial charge in [0, 0.05) is 23.5 Å². The maximum Gasteiger partial charge on any atom is 0.163 e. The molecular formula is C16H24BrNO3. The Kier molecular flexibility index (Phi) is 5.90. The summed E-state index contributed by atoms with van der Waals surface area (Å²) in [6.07, 6.45) is 1.38. The van der Waals surface area contributed by atoms with Crippen molar-refractivity contribution in [3.8, 4) is 11.5 Å². The molecule has 0 saturated carbocycles. The van der Waals surface area contributed by atoms with Gasteiger partial charge in [-0.2, -0.15) is 0 Å². The number of aliphatic hydroxyl groups is 1. The van der Waals surface area contributed by atoms with Gasteiger partial charge >= 0.3 is 0 Å². The standard InChI is InChI=1S/C16H24BrNO3/c1-4-18-6-5-14(19)12(10-18)7-11-8-13(17)9-15(20-2)16(11)21-3/h8-9,12,14,19H,4-7,10H2,1-3H3. The number of likely N-dealkylation sites (tertiary alicyclic amines) is 1. The van der Waals surface area contributed by atoms with Crippen LogP contribution >= 0.6 is 15.9 Å². The predicted molar refractivity (Wildman–Crippen MR) is 87.2 cm³/mol. The third-order valence-corrected chi connectivity index (χ3v) is 4.69. The van der Waals surface area contributed by atoms with E-state index in [9.17, 15) is 5.11 Å². The molecule has 1 saturated heterocycles. The number of aliphatic hydroxyl groups excluding tert-OH is 1. The zero-order chi connectivity index (χ0) is 15.4. The van der Waals surface area contributed by atoms with Gasteiger partial charge in [0.25, 0.3) is 0 Å². The van der Waals surface area contributed by atoms with Gasteiger partial charge in [-0.25, -0.2) is 0 Å². The van der Waals surface area contributed by atoms with E-state index in [1.807, 2.05) is 6.07 Å². The minimum Gasteiger partial charge on any atom is -0.493 e. The van der Waals surface area contributed by atoms with Crippen LogP contribution in [0, 0.1) is 5.92 Å². The Morgan fingerprint density at radius 3 is 2.71 bits per heavy atom. The van der Waals surface area contributed by atoms with Crippen molar-refractivity contribution < 1.29 is 14.6 Å². The number of rotatable bonds is 5. The van der Waals surface area contributed by atoms with Crippen molar-refractivity contribution >= 4 is 15.9 Å². The van der Waals surface area contributed by atoms with Crippen LogP contribution in [-0.4, -0.2) is 50.0 Å². The number of methoxy groups -OCH3 is 2. The minimum atomic E-state index is -0.248. The van der Waals surface area contributed by atoms with Crippen LogP contribution in [0.4, 0.5) is 0 Å². The summed E-state index contributed by atoms with van der Waals surface area (Å²) in [5.74, 6) is 1.72. The van der Waals surface area contributed by atoms with E-state index >= 15 is 0 Å². The molecule has 0 amide bonds. The molecule has 21 heavy (non-hydrogen) atoms. The van der Waals surface area contributed by atoms with E-state index < -0.39 is 0 Å². The summed E-state index contributed by atoms with van der Waals surface area (Å²) >= 11 is 3.51. The molecule has 0 spiro atoms. The third-order valence-electron chi connectivity index (χ3n) is 4.23. The first-order valence-electron chi connectivity index (χ1n) is 7.39. The van der Waals surface area contributed by atoms with Crippen molar-refractivity contribution in [2.24, 2.45) is 5.92 Å². The zero-order valence-corrected chi connectivity index (χ0v) is 14.5. The highest BCUT2D eigenvalue weighted by atomic mass is 79.9. The van der Waals surface area contributed by atoms with Crippen LogP contribution in [0.5, 0.6) is 11.5 Å². The molecule has 0 bridgehead atoms. The van der Waals surface area contributed by atoms with Crippen LogP contribution in [0.15, 0.2) is 16.6 Å². The minimum absolute atomic E-state index is 0.228. The van der Waals surface area contributed by atoms with E-state index in [0.717, 1.165) is 54.0 Å². The monoisotopic (exact) mass is 357 g/mol. The second-order valence-electron chi connectivity index (χ2n) is 5.51. The van der Waals surface area contributed by atoms with Gasteiger partial charge in [0.2, 0.25) is 0 Å². The van der Waals surface area contributed by atoms with Gasteiger partial charge in [0.1, 0.15) is 0 Å². The topological polar surface area (TPSA) is 41.9 Å². The molecule has 1 aliphatic heterocycles. The molecule has 5 heteroatoms. The van der Waals surface area contributed by atoms with Crippen molar-refractivity contribution in [2.75, 3.05) is 33.9 Å². The Morgan fingerprint density at radius 2 is 2.10 bits per heavy atom. The molecule has 2 atom stereocenters. The summed E-state index contributed by atoms with van der Waals surface area (Å²) in [5.41, 5.74) is 1.07. The normalized spacial score (nSPS) is 23.1. The Hall–Kier alpha value is -0.780. The molecule has 118 valence electrons. The number of benzene rings is 1. The number of piperidine rings is 1. The summed E-state index contributed by atoms with van der Waals surface area (Å²) < 4.78 is 11.9. The van der Waals surface area contributed by atoms with Crippen LogP contribution in [-0.2, 0) is 6.42 Å². The highest BCUT2D eigenvalue weighted by Crippen LogP contribution is 2.37. The van der Waals surface area contributed by atoms with Gasteiger partial charge < -0.3 is 19.5 Å². The van der Waals surface area contributed by atoms with Gasteiger partial charge in [0.05, 0.1) is 20.3 Å². The molecule has 1 N–H and O–H groups in total. The molecule has 1 aromatic carbocycles. The lowest BCUT2D eigenvalue weighted by Crippen LogP contribution is -2.43. The van der Waals surface area contributed by atoms with E-state index in [0.29, 0.717) is 0 Å². The number of halogens is 1. The van der Waals surface area contributed by atoms with Crippen LogP contribution in [0.2, 0.25) is 0 Å². The van der Waals surface area contributed by atoms with Crippen molar-refractivity contribution in [1.29, 1.82) is 0 Å². The highest BCUT2D eigenvalue weighted by molar-refractivity contribution is 9.10. The van der Waals surface area contributed by atoms with Crippen LogP contribution in [0.1, 0.15) is 18.9 Å². The number of hydrogen-bond acceptors (Lipinski definition) is 4. The average Bonchev–Trinajstić information content (AvgIpc) is 2.48. The number of nitrogens with zero attached hydrogens (tertiary/aromatic N) is 1. The fourth-order valence-electron chi connectivity index (χ4n) is 3.02. The smallest absolute Gasteiger partial charge is 0.163 e. The SMILES string of the molecule is CCN1CCC(O)C(Cc2cc(Br)cc(OC)c2OC)C1. The molecule has 1 aromatic rings. The molecule has 1 aliphatic rings. The molecule has 1 fully saturated rings.